The number of allylic oxidation sites excluding steroid dienone is 1. The van der Waals surface area contributed by atoms with Crippen LogP contribution in [0.5, 0.6) is 0 Å². The minimum atomic E-state index is -4.27. The number of amides is 2. The molecule has 2 amide bonds. The molecule has 2 atom stereocenters. The molecule has 27 heavy (non-hydrogen) atoms. The van der Waals surface area contributed by atoms with E-state index in [1.165, 1.54) is 45.6 Å². The molecule has 1 aromatic rings. The number of alkyl halides is 1. The van der Waals surface area contributed by atoms with Crippen molar-refractivity contribution in [2.75, 3.05) is 5.88 Å². The van der Waals surface area contributed by atoms with E-state index in [4.69, 9.17) is 17.3 Å². The van der Waals surface area contributed by atoms with E-state index in [-0.39, 0.29) is 5.88 Å². The van der Waals surface area contributed by atoms with Crippen molar-refractivity contribution in [3.63, 3.8) is 0 Å². The zero-order valence-corrected chi connectivity index (χ0v) is 16.7. The molecule has 0 radical (unpaired) electrons. The van der Waals surface area contributed by atoms with Crippen LogP contribution in [-0.4, -0.2) is 68.1 Å². The number of sulfonamides is 1. The van der Waals surface area contributed by atoms with Gasteiger partial charge in [0.25, 0.3) is 10.0 Å². The zero-order chi connectivity index (χ0) is 20.7. The quantitative estimate of drug-likeness (QED) is 0.685. The summed E-state index contributed by atoms with van der Waals surface area (Å²) in [6, 6.07) is 0.660. The Kier molecular flexibility index (Phi) is 8.13. The van der Waals surface area contributed by atoms with E-state index in [1.807, 2.05) is 0 Å². The van der Waals surface area contributed by atoms with Gasteiger partial charge in [0.2, 0.25) is 5.50 Å². The summed E-state index contributed by atoms with van der Waals surface area (Å²) in [5.41, 5.74) is 2.62. The molecule has 2 heterocycles. The summed E-state index contributed by atoms with van der Waals surface area (Å²) in [6.45, 7) is 4.58. The molecule has 0 fully saturated rings. The molecule has 10 nitrogen and oxygen atoms in total. The second-order valence-corrected chi connectivity index (χ2v) is 8.40. The molecule has 2 unspecified atom stereocenters. The highest BCUT2D eigenvalue weighted by molar-refractivity contribution is 7.90. The molecule has 0 saturated carbocycles. The molecule has 0 aliphatic carbocycles. The molecule has 3 N–H and O–H groups in total. The SMILES string of the molecule is CC(C)(C)N(C(N)=O)S(=O)(=O)C1N=CC=CN1C(O)CCl.c1cncnc1. The van der Waals surface area contributed by atoms with Crippen LogP contribution in [0.3, 0.4) is 0 Å². The standard InChI is InChI=1S/C11H19ClN4O4S.C4H4N2/c1-11(2,3)16(9(13)18)21(19,20)10-14-5-4-6-15(10)8(17)7-12;1-2-5-4-6-3-1/h4-6,8,10,17H,7H2,1-3H3,(H2,13,18);1-4H. The van der Waals surface area contributed by atoms with Crippen LogP contribution in [0.2, 0.25) is 0 Å². The third-order valence-electron chi connectivity index (χ3n) is 3.10. The van der Waals surface area contributed by atoms with Crippen molar-refractivity contribution in [3.8, 4) is 0 Å². The van der Waals surface area contributed by atoms with Crippen LogP contribution in [0.25, 0.3) is 0 Å². The number of aromatic nitrogens is 2. The van der Waals surface area contributed by atoms with E-state index in [2.05, 4.69) is 15.0 Å². The van der Waals surface area contributed by atoms with Crippen LogP contribution in [-0.2, 0) is 10.0 Å². The van der Waals surface area contributed by atoms with Gasteiger partial charge < -0.3 is 15.7 Å². The lowest BCUT2D eigenvalue weighted by molar-refractivity contribution is 0.0468. The number of primary amides is 1. The molecule has 2 rings (SSSR count). The topological polar surface area (TPSA) is 142 Å². The zero-order valence-electron chi connectivity index (χ0n) is 15.2. The smallest absolute Gasteiger partial charge is 0.329 e. The van der Waals surface area contributed by atoms with Crippen LogP contribution in [0.1, 0.15) is 20.8 Å². The monoisotopic (exact) mass is 418 g/mol. The van der Waals surface area contributed by atoms with Gasteiger partial charge in [-0.1, -0.05) is 0 Å². The van der Waals surface area contributed by atoms with Crippen LogP contribution in [0.4, 0.5) is 4.79 Å². The summed E-state index contributed by atoms with van der Waals surface area (Å²) in [4.78, 5) is 23.8. The van der Waals surface area contributed by atoms with Gasteiger partial charge in [0.1, 0.15) is 12.6 Å². The van der Waals surface area contributed by atoms with Crippen LogP contribution in [0, 0.1) is 0 Å². The minimum Gasteiger partial charge on any atom is -0.372 e. The fourth-order valence-corrected chi connectivity index (χ4v) is 4.26. The first-order valence-corrected chi connectivity index (χ1v) is 9.82. The van der Waals surface area contributed by atoms with Crippen LogP contribution >= 0.6 is 11.6 Å². The average molecular weight is 419 g/mol. The molecule has 0 saturated heterocycles. The van der Waals surface area contributed by atoms with Gasteiger partial charge in [0, 0.05) is 24.8 Å². The summed E-state index contributed by atoms with van der Waals surface area (Å²) in [6.07, 6.45) is 7.66. The number of halogens is 1. The van der Waals surface area contributed by atoms with Gasteiger partial charge in [-0.25, -0.2) is 27.5 Å². The number of rotatable bonds is 4. The molecule has 0 aromatic carbocycles. The molecular formula is C15H23ClN6O4S. The summed E-state index contributed by atoms with van der Waals surface area (Å²) in [5, 5.41) is 9.81. The summed E-state index contributed by atoms with van der Waals surface area (Å²) in [5.74, 6) is -0.224. The highest BCUT2D eigenvalue weighted by Gasteiger charge is 2.44. The number of aliphatic hydroxyl groups is 1. The Hall–Kier alpha value is -2.24. The van der Waals surface area contributed by atoms with E-state index in [9.17, 15) is 18.3 Å². The minimum absolute atomic E-state index is 0.224. The molecule has 0 bridgehead atoms. The Bertz CT molecular complexity index is 740. The molecule has 0 spiro atoms. The van der Waals surface area contributed by atoms with Crippen molar-refractivity contribution in [1.29, 1.82) is 0 Å². The third-order valence-corrected chi connectivity index (χ3v) is 5.51. The lowest BCUT2D eigenvalue weighted by Crippen LogP contribution is -2.58. The van der Waals surface area contributed by atoms with E-state index in [1.54, 1.807) is 18.5 Å². The maximum atomic E-state index is 12.7. The van der Waals surface area contributed by atoms with E-state index in [0.717, 1.165) is 4.90 Å². The second kappa shape index (κ2) is 9.62. The number of aliphatic hydroxyl groups excluding tert-OH is 1. The Balaban J connectivity index is 0.000000511. The number of hydrogen-bond donors (Lipinski definition) is 2. The molecule has 150 valence electrons. The van der Waals surface area contributed by atoms with Gasteiger partial charge in [-0.2, -0.15) is 0 Å². The second-order valence-electron chi connectivity index (χ2n) is 6.27. The lowest BCUT2D eigenvalue weighted by Gasteiger charge is -2.39. The number of urea groups is 1. The number of aliphatic imine (C=N–C) groups is 1. The predicted molar refractivity (Wildman–Crippen MR) is 102 cm³/mol. The Morgan fingerprint density at radius 2 is 1.96 bits per heavy atom. The Labute approximate surface area is 163 Å². The first kappa shape index (κ1) is 22.8. The number of carbonyl (C=O) groups excluding carboxylic acids is 1. The first-order valence-electron chi connectivity index (χ1n) is 7.78. The van der Waals surface area contributed by atoms with Crippen molar-refractivity contribution in [2.45, 2.75) is 38.0 Å². The van der Waals surface area contributed by atoms with Gasteiger partial charge in [-0.3, -0.25) is 4.99 Å². The van der Waals surface area contributed by atoms with Gasteiger partial charge >= 0.3 is 6.03 Å². The number of carbonyl (C=O) groups is 1. The van der Waals surface area contributed by atoms with Crippen molar-refractivity contribution < 1.29 is 18.3 Å². The maximum absolute atomic E-state index is 12.7. The van der Waals surface area contributed by atoms with Crippen LogP contribution < -0.4 is 5.73 Å². The number of hydrogen-bond acceptors (Lipinski definition) is 8. The van der Waals surface area contributed by atoms with Crippen molar-refractivity contribution >= 4 is 33.9 Å². The van der Waals surface area contributed by atoms with E-state index < -0.39 is 33.3 Å². The highest BCUT2D eigenvalue weighted by atomic mass is 35.5. The predicted octanol–water partition coefficient (Wildman–Crippen LogP) is 0.713. The number of nitrogens with zero attached hydrogens (tertiary/aromatic N) is 5. The lowest BCUT2D eigenvalue weighted by atomic mass is 10.1. The summed E-state index contributed by atoms with van der Waals surface area (Å²) < 4.78 is 25.9. The fraction of sp³-hybridized carbons (Fsp3) is 0.467. The van der Waals surface area contributed by atoms with Crippen molar-refractivity contribution in [2.24, 2.45) is 10.7 Å². The fourth-order valence-electron chi connectivity index (χ4n) is 2.15. The van der Waals surface area contributed by atoms with Crippen LogP contribution in [0.15, 0.2) is 42.1 Å². The summed E-state index contributed by atoms with van der Waals surface area (Å²) in [7, 11) is -4.27. The van der Waals surface area contributed by atoms with Gasteiger partial charge in [0.05, 0.1) is 11.4 Å². The molecule has 1 aromatic heterocycles. The van der Waals surface area contributed by atoms with Gasteiger partial charge in [0.15, 0.2) is 0 Å². The van der Waals surface area contributed by atoms with Gasteiger partial charge in [-0.15, -0.1) is 11.6 Å². The largest absolute Gasteiger partial charge is 0.372 e. The summed E-state index contributed by atoms with van der Waals surface area (Å²) >= 11 is 5.56. The molecule has 12 heteroatoms. The van der Waals surface area contributed by atoms with Gasteiger partial charge in [-0.05, 0) is 32.9 Å². The van der Waals surface area contributed by atoms with Crippen molar-refractivity contribution in [1.82, 2.24) is 19.2 Å². The first-order chi connectivity index (χ1) is 12.5. The molecule has 1 aliphatic rings. The van der Waals surface area contributed by atoms with Crippen molar-refractivity contribution in [3.05, 3.63) is 37.1 Å². The molecular weight excluding hydrogens is 396 g/mol. The molecule has 1 aliphatic heterocycles. The normalized spacial score (nSPS) is 17.7. The maximum Gasteiger partial charge on any atom is 0.329 e. The highest BCUT2D eigenvalue weighted by Crippen LogP contribution is 2.26. The Morgan fingerprint density at radius 3 is 2.33 bits per heavy atom. The average Bonchev–Trinajstić information content (AvgIpc) is 2.61. The number of nitrogens with two attached hydrogens (primary N) is 1. The third kappa shape index (κ3) is 6.15. The van der Waals surface area contributed by atoms with E-state index >= 15 is 0 Å². The van der Waals surface area contributed by atoms with E-state index in [0.29, 0.717) is 4.31 Å². The Morgan fingerprint density at radius 1 is 1.37 bits per heavy atom.